The summed E-state index contributed by atoms with van der Waals surface area (Å²) in [5, 5.41) is 23.6. The van der Waals surface area contributed by atoms with E-state index < -0.39 is 37.0 Å². The van der Waals surface area contributed by atoms with Crippen molar-refractivity contribution in [2.45, 2.75) is 117 Å². The van der Waals surface area contributed by atoms with E-state index >= 15 is 0 Å². The number of nitro benzene ring substituents is 1. The first-order valence-corrected chi connectivity index (χ1v) is 26.3. The summed E-state index contributed by atoms with van der Waals surface area (Å²) in [6, 6.07) is 20.6. The molecule has 360 valence electrons. The summed E-state index contributed by atoms with van der Waals surface area (Å²) in [5.41, 5.74) is 3.41. The van der Waals surface area contributed by atoms with E-state index in [0.717, 1.165) is 88.3 Å². The molecule has 3 aromatic carbocycles. The average Bonchev–Trinajstić information content (AvgIpc) is 3.79. The lowest BCUT2D eigenvalue weighted by atomic mass is 9.59. The molecule has 5 aliphatic rings. The number of morpholine rings is 1. The van der Waals surface area contributed by atoms with Crippen LogP contribution in [0.3, 0.4) is 0 Å². The van der Waals surface area contributed by atoms with Crippen LogP contribution in [-0.2, 0) is 14.8 Å². The van der Waals surface area contributed by atoms with Gasteiger partial charge in [-0.2, -0.15) is 0 Å². The van der Waals surface area contributed by atoms with E-state index in [2.05, 4.69) is 62.6 Å². The summed E-state index contributed by atoms with van der Waals surface area (Å²) in [7, 11) is -4.64. The average molecular weight is 965 g/mol. The minimum absolute atomic E-state index is 0.0350. The molecule has 5 aromatic rings. The summed E-state index contributed by atoms with van der Waals surface area (Å²) in [6.45, 7) is 10.6. The number of benzene rings is 3. The first-order valence-electron chi connectivity index (χ1n) is 24.0. The van der Waals surface area contributed by atoms with E-state index in [9.17, 15) is 28.4 Å². The standard InChI is InChI=1S/C51H60N6O9S2/c1-32(2)40-6-4-5-7-41(40)44-31-64-21-20-56(44)36-27-51(28-36)15-18-55(19-16-51)35-8-9-42(45(24-35)66-37-23-34-12-17-52-48(34)53-29-37)49(58)54-68(62,63)39-25-43(57(60)61)47-46(26-39)65-30-38(67-47)22-33-10-13-50(3,59)14-11-33/h4-9,12,17,23-26,29,32-33,36,38,44,59H,10-11,13-16,18-22,27-28,30-31H2,1-3H3,(H,52,53)(H,54,58)/t33-,38-,44+,50-/m0/s1. The van der Waals surface area contributed by atoms with E-state index in [4.69, 9.17) is 14.2 Å². The number of carbonyl (C=O) groups is 1. The third-order valence-corrected chi connectivity index (χ3v) is 17.8. The Balaban J connectivity index is 0.847. The first kappa shape index (κ1) is 46.5. The Hall–Kier alpha value is -5.20. The summed E-state index contributed by atoms with van der Waals surface area (Å²) in [6.07, 6.45) is 11.5. The molecule has 4 fully saturated rings. The summed E-state index contributed by atoms with van der Waals surface area (Å²) >= 11 is 1.32. The number of H-pyrrole nitrogens is 1. The molecule has 2 saturated heterocycles. The van der Waals surface area contributed by atoms with Crippen molar-refractivity contribution in [3.05, 3.63) is 106 Å². The van der Waals surface area contributed by atoms with Crippen LogP contribution in [0.5, 0.6) is 17.2 Å². The van der Waals surface area contributed by atoms with Gasteiger partial charge in [0.15, 0.2) is 0 Å². The number of amides is 1. The molecule has 1 amide bonds. The zero-order valence-electron chi connectivity index (χ0n) is 38.8. The van der Waals surface area contributed by atoms with Crippen LogP contribution in [0.1, 0.15) is 112 Å². The Kier molecular flexibility index (Phi) is 12.7. The van der Waals surface area contributed by atoms with Gasteiger partial charge in [0, 0.05) is 66.4 Å². The Morgan fingerprint density at radius 3 is 2.59 bits per heavy atom. The molecule has 0 unspecified atom stereocenters. The number of nitro groups is 1. The quantitative estimate of drug-likeness (QED) is 0.0793. The van der Waals surface area contributed by atoms with Crippen molar-refractivity contribution in [2.24, 2.45) is 11.3 Å². The topological polar surface area (TPSA) is 189 Å². The number of aliphatic hydroxyl groups is 1. The van der Waals surface area contributed by atoms with E-state index in [1.807, 2.05) is 19.1 Å². The van der Waals surface area contributed by atoms with Gasteiger partial charge in [-0.05, 0) is 117 Å². The number of aromatic nitrogens is 2. The van der Waals surface area contributed by atoms with E-state index in [1.165, 1.54) is 35.2 Å². The zero-order chi connectivity index (χ0) is 47.4. The van der Waals surface area contributed by atoms with Gasteiger partial charge >= 0.3 is 0 Å². The van der Waals surface area contributed by atoms with Crippen molar-refractivity contribution in [1.29, 1.82) is 0 Å². The third kappa shape index (κ3) is 9.56. The maximum Gasteiger partial charge on any atom is 0.288 e. The van der Waals surface area contributed by atoms with Crippen LogP contribution >= 0.6 is 11.8 Å². The number of thioether (sulfide) groups is 1. The number of anilines is 1. The number of fused-ring (bicyclic) bond motifs is 2. The van der Waals surface area contributed by atoms with E-state index in [-0.39, 0.29) is 45.3 Å². The van der Waals surface area contributed by atoms with Crippen molar-refractivity contribution in [1.82, 2.24) is 19.6 Å². The molecule has 0 bridgehead atoms. The highest BCUT2D eigenvalue weighted by Gasteiger charge is 2.50. The molecule has 1 spiro atoms. The highest BCUT2D eigenvalue weighted by atomic mass is 32.2. The molecule has 0 radical (unpaired) electrons. The predicted octanol–water partition coefficient (Wildman–Crippen LogP) is 9.51. The summed E-state index contributed by atoms with van der Waals surface area (Å²) in [5.74, 6) is 0.403. The second-order valence-corrected chi connectivity index (χ2v) is 23.2. The van der Waals surface area contributed by atoms with Crippen LogP contribution in [-0.4, -0.2) is 95.6 Å². The smallest absolute Gasteiger partial charge is 0.288 e. The first-order chi connectivity index (χ1) is 32.6. The number of aromatic amines is 1. The van der Waals surface area contributed by atoms with Crippen LogP contribution in [0.2, 0.25) is 0 Å². The molecule has 2 aromatic heterocycles. The maximum absolute atomic E-state index is 14.1. The Morgan fingerprint density at radius 1 is 1.04 bits per heavy atom. The van der Waals surface area contributed by atoms with Gasteiger partial charge in [-0.1, -0.05) is 38.1 Å². The monoisotopic (exact) mass is 964 g/mol. The summed E-state index contributed by atoms with van der Waals surface area (Å²) in [4.78, 5) is 38.2. The predicted molar refractivity (Wildman–Crippen MR) is 260 cm³/mol. The molecule has 3 aliphatic heterocycles. The van der Waals surface area contributed by atoms with Gasteiger partial charge in [-0.25, -0.2) is 18.1 Å². The van der Waals surface area contributed by atoms with Crippen LogP contribution in [0.15, 0.2) is 88.9 Å². The highest BCUT2D eigenvalue weighted by molar-refractivity contribution is 8.00. The fourth-order valence-electron chi connectivity index (χ4n) is 11.3. The molecule has 2 saturated carbocycles. The van der Waals surface area contributed by atoms with Crippen molar-refractivity contribution in [3.63, 3.8) is 0 Å². The van der Waals surface area contributed by atoms with Gasteiger partial charge in [0.05, 0.1) is 46.4 Å². The molecular weight excluding hydrogens is 905 g/mol. The molecule has 2 aliphatic carbocycles. The second-order valence-electron chi connectivity index (χ2n) is 20.2. The number of sulfonamides is 1. The minimum Gasteiger partial charge on any atom is -0.491 e. The van der Waals surface area contributed by atoms with Crippen LogP contribution in [0.25, 0.3) is 11.0 Å². The SMILES string of the molecule is CC(C)c1ccccc1[C@H]1COCCN1C1CC2(CCN(c3ccc(C(=O)NS(=O)(=O)c4cc5c(c([N+](=O)[O-])c4)S[C@@H](C[C@H]4CC[C@](C)(O)CC4)CO5)c(Oc4cnc5[nH]ccc5c4)c3)CC2)C1. The molecule has 15 nitrogen and oxygen atoms in total. The van der Waals surface area contributed by atoms with Crippen molar-refractivity contribution < 1.29 is 37.5 Å². The lowest BCUT2D eigenvalue weighted by molar-refractivity contribution is -0.388. The lowest BCUT2D eigenvalue weighted by Crippen LogP contribution is -2.58. The molecule has 2 atom stereocenters. The van der Waals surface area contributed by atoms with Crippen LogP contribution in [0, 0.1) is 21.4 Å². The lowest BCUT2D eigenvalue weighted by Gasteiger charge is -2.57. The molecule has 68 heavy (non-hydrogen) atoms. The number of nitrogens with zero attached hydrogens (tertiary/aromatic N) is 4. The number of piperidine rings is 1. The summed E-state index contributed by atoms with van der Waals surface area (Å²) < 4.78 is 48.6. The number of ether oxygens (including phenoxy) is 3. The number of rotatable bonds is 12. The second kappa shape index (κ2) is 18.6. The molecule has 3 N–H and O–H groups in total. The van der Waals surface area contributed by atoms with Gasteiger partial charge in [0.2, 0.25) is 0 Å². The number of carbonyl (C=O) groups excluding carboxylic acids is 1. The Morgan fingerprint density at radius 2 is 1.82 bits per heavy atom. The van der Waals surface area contributed by atoms with Crippen LogP contribution < -0.4 is 19.1 Å². The normalized spacial score (nSPS) is 24.3. The van der Waals surface area contributed by atoms with E-state index in [1.54, 1.807) is 24.4 Å². The van der Waals surface area contributed by atoms with Crippen molar-refractivity contribution >= 4 is 50.1 Å². The third-order valence-electron chi connectivity index (χ3n) is 15.2. The molecular formula is C51H60N6O9S2. The van der Waals surface area contributed by atoms with Crippen LogP contribution in [0.4, 0.5) is 11.4 Å². The van der Waals surface area contributed by atoms with Gasteiger partial charge < -0.3 is 29.2 Å². The Labute approximate surface area is 401 Å². The number of hydrogen-bond acceptors (Lipinski definition) is 13. The molecule has 5 heterocycles. The number of pyridine rings is 1. The Bertz CT molecular complexity index is 2810. The maximum atomic E-state index is 14.1. The van der Waals surface area contributed by atoms with Crippen molar-refractivity contribution in [3.8, 4) is 17.2 Å². The van der Waals surface area contributed by atoms with Gasteiger partial charge in [0.25, 0.3) is 21.6 Å². The van der Waals surface area contributed by atoms with Gasteiger partial charge in [0.1, 0.15) is 34.4 Å². The van der Waals surface area contributed by atoms with Gasteiger partial charge in [-0.3, -0.25) is 19.8 Å². The number of nitrogens with one attached hydrogen (secondary N) is 2. The number of hydrogen-bond donors (Lipinski definition) is 3. The van der Waals surface area contributed by atoms with E-state index in [0.29, 0.717) is 48.7 Å². The molecule has 17 heteroatoms. The zero-order valence-corrected chi connectivity index (χ0v) is 40.5. The highest BCUT2D eigenvalue weighted by Crippen LogP contribution is 2.54. The van der Waals surface area contributed by atoms with Gasteiger partial charge in [-0.15, -0.1) is 11.8 Å². The fourth-order valence-corrected chi connectivity index (χ4v) is 13.6. The minimum atomic E-state index is -4.64. The largest absolute Gasteiger partial charge is 0.491 e. The van der Waals surface area contributed by atoms with Crippen molar-refractivity contribution in [2.75, 3.05) is 44.4 Å². The molecule has 10 rings (SSSR count). The fraction of sp³-hybridized carbons (Fsp3) is 0.490.